The van der Waals surface area contributed by atoms with Crippen molar-refractivity contribution in [3.05, 3.63) is 0 Å². The molecule has 0 amide bonds. The molecule has 5 heteroatoms. The largest absolute Gasteiger partial charge is 0.394 e. The summed E-state index contributed by atoms with van der Waals surface area (Å²) in [5.41, 5.74) is 0. The maximum Gasteiger partial charge on any atom is 0.110 e. The predicted octanol–water partition coefficient (Wildman–Crippen LogP) is -1.14. The van der Waals surface area contributed by atoms with Crippen LogP contribution in [0.2, 0.25) is 0 Å². The average Bonchev–Trinajstić information content (AvgIpc) is 2.25. The summed E-state index contributed by atoms with van der Waals surface area (Å²) >= 11 is 0. The van der Waals surface area contributed by atoms with Gasteiger partial charge in [-0.05, 0) is 13.3 Å². The number of aliphatic hydroxyl groups is 3. The van der Waals surface area contributed by atoms with Crippen molar-refractivity contribution in [1.29, 1.82) is 0 Å². The van der Waals surface area contributed by atoms with Crippen LogP contribution < -0.4 is 5.32 Å². The van der Waals surface area contributed by atoms with E-state index in [2.05, 4.69) is 5.32 Å². The maximum atomic E-state index is 9.78. The van der Waals surface area contributed by atoms with Gasteiger partial charge < -0.3 is 25.4 Å². The van der Waals surface area contributed by atoms with Crippen LogP contribution in [-0.4, -0.2) is 58.9 Å². The fourth-order valence-electron chi connectivity index (χ4n) is 1.67. The molecule has 0 aliphatic carbocycles. The van der Waals surface area contributed by atoms with Crippen LogP contribution in [0, 0.1) is 0 Å². The molecule has 0 bridgehead atoms. The van der Waals surface area contributed by atoms with Gasteiger partial charge in [-0.2, -0.15) is 0 Å². The first kappa shape index (κ1) is 12.9. The van der Waals surface area contributed by atoms with Gasteiger partial charge in [0.1, 0.15) is 18.3 Å². The summed E-state index contributed by atoms with van der Waals surface area (Å²) in [6.45, 7) is 4.10. The second kappa shape index (κ2) is 5.77. The summed E-state index contributed by atoms with van der Waals surface area (Å²) < 4.78 is 5.25. The zero-order valence-corrected chi connectivity index (χ0v) is 9.26. The smallest absolute Gasteiger partial charge is 0.110 e. The Hall–Kier alpha value is -0.200. The number of aliphatic hydroxyl groups excluding tert-OH is 3. The van der Waals surface area contributed by atoms with Crippen LogP contribution in [0.1, 0.15) is 20.3 Å². The first-order valence-corrected chi connectivity index (χ1v) is 5.44. The van der Waals surface area contributed by atoms with Gasteiger partial charge >= 0.3 is 0 Å². The zero-order valence-electron chi connectivity index (χ0n) is 9.26. The van der Waals surface area contributed by atoms with Gasteiger partial charge in [-0.25, -0.2) is 0 Å². The van der Waals surface area contributed by atoms with Gasteiger partial charge in [0.2, 0.25) is 0 Å². The summed E-state index contributed by atoms with van der Waals surface area (Å²) in [7, 11) is 0. The van der Waals surface area contributed by atoms with Crippen LogP contribution in [0.5, 0.6) is 0 Å². The second-order valence-electron chi connectivity index (χ2n) is 4.12. The fraction of sp³-hybridized carbons (Fsp3) is 1.00. The Bertz CT molecular complexity index is 190. The molecule has 1 heterocycles. The molecule has 0 aromatic heterocycles. The molecule has 0 saturated carbocycles. The van der Waals surface area contributed by atoms with Gasteiger partial charge in [0.25, 0.3) is 0 Å². The highest BCUT2D eigenvalue weighted by Crippen LogP contribution is 2.15. The van der Waals surface area contributed by atoms with Gasteiger partial charge in [-0.15, -0.1) is 0 Å². The Morgan fingerprint density at radius 1 is 1.40 bits per heavy atom. The van der Waals surface area contributed by atoms with Crippen molar-refractivity contribution in [3.63, 3.8) is 0 Å². The van der Waals surface area contributed by atoms with E-state index in [1.165, 1.54) is 0 Å². The minimum absolute atomic E-state index is 0.266. The van der Waals surface area contributed by atoms with Crippen molar-refractivity contribution >= 4 is 0 Å². The van der Waals surface area contributed by atoms with Crippen molar-refractivity contribution in [3.8, 4) is 0 Å². The van der Waals surface area contributed by atoms with Gasteiger partial charge in [0.15, 0.2) is 0 Å². The van der Waals surface area contributed by atoms with Crippen LogP contribution in [-0.2, 0) is 4.74 Å². The minimum Gasteiger partial charge on any atom is -0.394 e. The average molecular weight is 219 g/mol. The highest BCUT2D eigenvalue weighted by atomic mass is 16.5. The molecule has 0 spiro atoms. The summed E-state index contributed by atoms with van der Waals surface area (Å²) in [6.07, 6.45) is -1.63. The quantitative estimate of drug-likeness (QED) is 0.480. The topological polar surface area (TPSA) is 82.0 Å². The number of rotatable bonds is 4. The van der Waals surface area contributed by atoms with Crippen LogP contribution in [0.3, 0.4) is 0 Å². The lowest BCUT2D eigenvalue weighted by Crippen LogP contribution is -2.60. The van der Waals surface area contributed by atoms with Gasteiger partial charge in [0, 0.05) is 6.04 Å². The van der Waals surface area contributed by atoms with Crippen LogP contribution in [0.15, 0.2) is 0 Å². The lowest BCUT2D eigenvalue weighted by molar-refractivity contribution is -0.162. The van der Waals surface area contributed by atoms with E-state index >= 15 is 0 Å². The number of nitrogens with one attached hydrogen (secondary N) is 1. The van der Waals surface area contributed by atoms with Crippen molar-refractivity contribution < 1.29 is 20.1 Å². The van der Waals surface area contributed by atoms with E-state index in [1.807, 2.05) is 13.8 Å². The summed E-state index contributed by atoms with van der Waals surface area (Å²) in [4.78, 5) is 0. The molecule has 90 valence electrons. The molecule has 1 fully saturated rings. The molecule has 0 aromatic carbocycles. The molecule has 1 rings (SSSR count). The van der Waals surface area contributed by atoms with E-state index in [9.17, 15) is 10.2 Å². The van der Waals surface area contributed by atoms with Crippen molar-refractivity contribution in [1.82, 2.24) is 5.32 Å². The van der Waals surface area contributed by atoms with E-state index in [1.54, 1.807) is 0 Å². The van der Waals surface area contributed by atoms with E-state index in [-0.39, 0.29) is 18.7 Å². The normalized spacial score (nSPS) is 39.0. The number of ether oxygens (including phenoxy) is 1. The molecule has 5 nitrogen and oxygen atoms in total. The number of hydrogen-bond donors (Lipinski definition) is 4. The molecule has 5 atom stereocenters. The standard InChI is InChI=1S/C10H21NO4/c1-3-6(2)11-7-5-15-8(4-12)10(14)9(7)13/h6-14H,3-5H2,1-2H3. The molecule has 0 aromatic rings. The van der Waals surface area contributed by atoms with Crippen LogP contribution >= 0.6 is 0 Å². The van der Waals surface area contributed by atoms with Crippen LogP contribution in [0.25, 0.3) is 0 Å². The molecule has 1 aliphatic heterocycles. The van der Waals surface area contributed by atoms with E-state index in [0.717, 1.165) is 6.42 Å². The molecule has 5 unspecified atom stereocenters. The fourth-order valence-corrected chi connectivity index (χ4v) is 1.67. The Morgan fingerprint density at radius 3 is 2.60 bits per heavy atom. The lowest BCUT2D eigenvalue weighted by atomic mass is 9.97. The Kier molecular flexibility index (Phi) is 4.95. The minimum atomic E-state index is -1.02. The second-order valence-corrected chi connectivity index (χ2v) is 4.12. The Morgan fingerprint density at radius 2 is 2.07 bits per heavy atom. The Labute approximate surface area is 90.1 Å². The summed E-state index contributed by atoms with van der Waals surface area (Å²) in [6, 6.07) is 0.00359. The first-order valence-electron chi connectivity index (χ1n) is 5.44. The SMILES string of the molecule is CCC(C)NC1COC(CO)C(O)C1O. The lowest BCUT2D eigenvalue weighted by Gasteiger charge is -2.38. The van der Waals surface area contributed by atoms with Crippen molar-refractivity contribution in [2.75, 3.05) is 13.2 Å². The number of hydrogen-bond acceptors (Lipinski definition) is 5. The Balaban J connectivity index is 2.48. The highest BCUT2D eigenvalue weighted by molar-refractivity contribution is 4.91. The monoisotopic (exact) mass is 219 g/mol. The molecular weight excluding hydrogens is 198 g/mol. The first-order chi connectivity index (χ1) is 7.10. The van der Waals surface area contributed by atoms with Crippen molar-refractivity contribution in [2.24, 2.45) is 0 Å². The predicted molar refractivity (Wildman–Crippen MR) is 55.5 cm³/mol. The third kappa shape index (κ3) is 3.12. The molecular formula is C10H21NO4. The highest BCUT2D eigenvalue weighted by Gasteiger charge is 2.38. The van der Waals surface area contributed by atoms with E-state index in [4.69, 9.17) is 9.84 Å². The van der Waals surface area contributed by atoms with E-state index < -0.39 is 18.3 Å². The third-order valence-corrected chi connectivity index (χ3v) is 2.92. The van der Waals surface area contributed by atoms with Gasteiger partial charge in [-0.1, -0.05) is 6.92 Å². The third-order valence-electron chi connectivity index (χ3n) is 2.92. The van der Waals surface area contributed by atoms with E-state index in [0.29, 0.717) is 6.61 Å². The van der Waals surface area contributed by atoms with Crippen LogP contribution in [0.4, 0.5) is 0 Å². The zero-order chi connectivity index (χ0) is 11.4. The molecule has 0 radical (unpaired) electrons. The molecule has 15 heavy (non-hydrogen) atoms. The maximum absolute atomic E-state index is 9.78. The summed E-state index contributed by atoms with van der Waals surface area (Å²) in [5, 5.41) is 31.5. The molecule has 1 saturated heterocycles. The van der Waals surface area contributed by atoms with Gasteiger partial charge in [0.05, 0.1) is 19.3 Å². The van der Waals surface area contributed by atoms with Gasteiger partial charge in [-0.3, -0.25) is 0 Å². The molecule has 1 aliphatic rings. The molecule has 4 N–H and O–H groups in total. The van der Waals surface area contributed by atoms with Crippen molar-refractivity contribution in [2.45, 2.75) is 50.7 Å². The summed E-state index contributed by atoms with van der Waals surface area (Å²) in [5.74, 6) is 0.